The number of benzene rings is 2. The molecule has 2 nitrogen and oxygen atoms in total. The molecular weight excluding hydrogens is 224 g/mol. The van der Waals surface area contributed by atoms with Crippen molar-refractivity contribution in [2.24, 2.45) is 0 Å². The molecule has 1 aliphatic carbocycles. The molecule has 1 unspecified atom stereocenters. The van der Waals surface area contributed by atoms with E-state index < -0.39 is 0 Å². The highest BCUT2D eigenvalue weighted by Crippen LogP contribution is 2.41. The number of aliphatic hydroxyl groups excluding tert-OH is 1. The number of fused-ring (bicyclic) bond motifs is 1. The first-order valence-corrected chi connectivity index (χ1v) is 5.86. The zero-order valence-electron chi connectivity index (χ0n) is 9.71. The Morgan fingerprint density at radius 3 is 2.33 bits per heavy atom. The van der Waals surface area contributed by atoms with Crippen molar-refractivity contribution < 1.29 is 9.90 Å². The molecule has 88 valence electrons. The zero-order valence-corrected chi connectivity index (χ0v) is 9.71. The molecule has 2 heteroatoms. The fraction of sp³-hybridized carbons (Fsp3) is 0.0625. The van der Waals surface area contributed by atoms with Gasteiger partial charge in [-0.25, -0.2) is 0 Å². The van der Waals surface area contributed by atoms with Gasteiger partial charge in [-0.15, -0.1) is 0 Å². The van der Waals surface area contributed by atoms with Crippen LogP contribution in [-0.4, -0.2) is 10.9 Å². The summed E-state index contributed by atoms with van der Waals surface area (Å²) in [6.07, 6.45) is 0.944. The third-order valence-electron chi connectivity index (χ3n) is 3.36. The van der Waals surface area contributed by atoms with Crippen LogP contribution in [-0.2, 0) is 0 Å². The van der Waals surface area contributed by atoms with Gasteiger partial charge in [-0.3, -0.25) is 4.79 Å². The van der Waals surface area contributed by atoms with Crippen molar-refractivity contribution in [2.45, 2.75) is 5.92 Å². The van der Waals surface area contributed by atoms with Gasteiger partial charge < -0.3 is 5.11 Å². The van der Waals surface area contributed by atoms with E-state index in [2.05, 4.69) is 0 Å². The molecule has 1 aliphatic rings. The van der Waals surface area contributed by atoms with Crippen LogP contribution in [0.25, 0.3) is 0 Å². The van der Waals surface area contributed by atoms with Crippen molar-refractivity contribution >= 4 is 5.78 Å². The summed E-state index contributed by atoms with van der Waals surface area (Å²) in [7, 11) is 0. The van der Waals surface area contributed by atoms with Crippen molar-refractivity contribution in [1.82, 2.24) is 0 Å². The Bertz CT molecular complexity index is 627. The normalized spacial score (nSPS) is 20.1. The maximum absolute atomic E-state index is 12.2. The summed E-state index contributed by atoms with van der Waals surface area (Å²) >= 11 is 0. The molecule has 0 aromatic heterocycles. The Morgan fingerprint density at radius 2 is 1.61 bits per heavy atom. The Hall–Kier alpha value is -2.35. The molecule has 2 aromatic rings. The molecular formula is C16H12O2. The second kappa shape index (κ2) is 4.15. The standard InChI is InChI=1S/C16H12O2/c17-10-14-15(11-6-2-1-3-7-11)12-8-4-5-9-13(12)16(14)18/h1-10,15,17H/b14-10+. The lowest BCUT2D eigenvalue weighted by Gasteiger charge is -2.12. The van der Waals surface area contributed by atoms with Gasteiger partial charge in [0.25, 0.3) is 0 Å². The van der Waals surface area contributed by atoms with Crippen molar-refractivity contribution in [3.63, 3.8) is 0 Å². The zero-order chi connectivity index (χ0) is 12.5. The van der Waals surface area contributed by atoms with Gasteiger partial charge in [0.2, 0.25) is 0 Å². The van der Waals surface area contributed by atoms with Gasteiger partial charge in [0.05, 0.1) is 6.26 Å². The summed E-state index contributed by atoms with van der Waals surface area (Å²) in [5.41, 5.74) is 3.12. The van der Waals surface area contributed by atoms with E-state index in [1.54, 1.807) is 0 Å². The molecule has 1 N–H and O–H groups in total. The van der Waals surface area contributed by atoms with E-state index in [9.17, 15) is 9.90 Å². The Labute approximate surface area is 105 Å². The molecule has 18 heavy (non-hydrogen) atoms. The largest absolute Gasteiger partial charge is 0.515 e. The molecule has 0 saturated heterocycles. The number of aliphatic hydroxyl groups is 1. The molecule has 0 saturated carbocycles. The molecule has 0 bridgehead atoms. The van der Waals surface area contributed by atoms with E-state index in [0.29, 0.717) is 11.1 Å². The molecule has 2 aromatic carbocycles. The Kier molecular flexibility index (Phi) is 2.49. The second-order valence-electron chi connectivity index (χ2n) is 4.34. The summed E-state index contributed by atoms with van der Waals surface area (Å²) < 4.78 is 0. The molecule has 0 heterocycles. The van der Waals surface area contributed by atoms with E-state index in [-0.39, 0.29) is 11.7 Å². The molecule has 3 rings (SSSR count). The first-order valence-electron chi connectivity index (χ1n) is 5.86. The van der Waals surface area contributed by atoms with Crippen LogP contribution in [0.15, 0.2) is 66.4 Å². The van der Waals surface area contributed by atoms with Crippen LogP contribution in [0.2, 0.25) is 0 Å². The lowest BCUT2D eigenvalue weighted by Crippen LogP contribution is -2.02. The molecule has 0 radical (unpaired) electrons. The third-order valence-corrected chi connectivity index (χ3v) is 3.36. The van der Waals surface area contributed by atoms with Crippen LogP contribution in [0.5, 0.6) is 0 Å². The minimum Gasteiger partial charge on any atom is -0.515 e. The third kappa shape index (κ3) is 1.46. The lowest BCUT2D eigenvalue weighted by atomic mass is 9.90. The van der Waals surface area contributed by atoms with Gasteiger partial charge >= 0.3 is 0 Å². The molecule has 0 amide bonds. The van der Waals surface area contributed by atoms with Crippen LogP contribution < -0.4 is 0 Å². The number of ketones is 1. The van der Waals surface area contributed by atoms with Gasteiger partial charge in [0.1, 0.15) is 0 Å². The van der Waals surface area contributed by atoms with Crippen molar-refractivity contribution in [1.29, 1.82) is 0 Å². The summed E-state index contributed by atoms with van der Waals surface area (Å²) in [5, 5.41) is 9.36. The lowest BCUT2D eigenvalue weighted by molar-refractivity contribution is 0.103. The summed E-state index contributed by atoms with van der Waals surface area (Å²) in [4.78, 5) is 12.2. The van der Waals surface area contributed by atoms with Crippen molar-refractivity contribution in [2.75, 3.05) is 0 Å². The minimum atomic E-state index is -0.153. The molecule has 0 spiro atoms. The van der Waals surface area contributed by atoms with E-state index in [1.165, 1.54) is 0 Å². The average Bonchev–Trinajstić information content (AvgIpc) is 2.73. The molecule has 0 aliphatic heterocycles. The van der Waals surface area contributed by atoms with Crippen LogP contribution in [0.4, 0.5) is 0 Å². The van der Waals surface area contributed by atoms with Crippen LogP contribution in [0, 0.1) is 0 Å². The van der Waals surface area contributed by atoms with Crippen LogP contribution in [0.1, 0.15) is 27.4 Å². The van der Waals surface area contributed by atoms with E-state index >= 15 is 0 Å². The monoisotopic (exact) mass is 236 g/mol. The Balaban J connectivity index is 2.22. The van der Waals surface area contributed by atoms with Crippen LogP contribution in [0.3, 0.4) is 0 Å². The highest BCUT2D eigenvalue weighted by atomic mass is 16.2. The fourth-order valence-corrected chi connectivity index (χ4v) is 2.55. The van der Waals surface area contributed by atoms with E-state index in [4.69, 9.17) is 0 Å². The topological polar surface area (TPSA) is 37.3 Å². The number of carbonyl (C=O) groups is 1. The van der Waals surface area contributed by atoms with Crippen molar-refractivity contribution in [3.05, 3.63) is 83.1 Å². The van der Waals surface area contributed by atoms with Gasteiger partial charge in [0.15, 0.2) is 5.78 Å². The summed E-state index contributed by atoms with van der Waals surface area (Å²) in [5.74, 6) is -0.234. The summed E-state index contributed by atoms with van der Waals surface area (Å²) in [6.45, 7) is 0. The van der Waals surface area contributed by atoms with Crippen molar-refractivity contribution in [3.8, 4) is 0 Å². The minimum absolute atomic E-state index is 0.0815. The number of hydrogen-bond donors (Lipinski definition) is 1. The van der Waals surface area contributed by atoms with Gasteiger partial charge in [0, 0.05) is 17.1 Å². The average molecular weight is 236 g/mol. The smallest absolute Gasteiger partial charge is 0.193 e. The number of rotatable bonds is 1. The van der Waals surface area contributed by atoms with Crippen LogP contribution >= 0.6 is 0 Å². The van der Waals surface area contributed by atoms with E-state index in [0.717, 1.165) is 17.4 Å². The Morgan fingerprint density at radius 1 is 0.944 bits per heavy atom. The highest BCUT2D eigenvalue weighted by molar-refractivity contribution is 6.14. The first-order chi connectivity index (χ1) is 8.83. The number of hydrogen-bond acceptors (Lipinski definition) is 2. The predicted octanol–water partition coefficient (Wildman–Crippen LogP) is 3.46. The summed E-state index contributed by atoms with van der Waals surface area (Å²) in [6, 6.07) is 17.3. The van der Waals surface area contributed by atoms with Gasteiger partial charge in [-0.2, -0.15) is 0 Å². The first kappa shape index (κ1) is 10.8. The van der Waals surface area contributed by atoms with E-state index in [1.807, 2.05) is 54.6 Å². The molecule has 1 atom stereocenters. The predicted molar refractivity (Wildman–Crippen MR) is 69.8 cm³/mol. The fourth-order valence-electron chi connectivity index (χ4n) is 2.55. The maximum Gasteiger partial charge on any atom is 0.193 e. The second-order valence-corrected chi connectivity index (χ2v) is 4.34. The number of Topliss-reactive ketones (excluding diaryl/α,β-unsaturated/α-hetero) is 1. The quantitative estimate of drug-likeness (QED) is 0.608. The van der Waals surface area contributed by atoms with Gasteiger partial charge in [-0.05, 0) is 11.1 Å². The molecule has 0 fully saturated rings. The van der Waals surface area contributed by atoms with Gasteiger partial charge in [-0.1, -0.05) is 54.6 Å². The number of carbonyl (C=O) groups excluding carboxylic acids is 1. The number of allylic oxidation sites excluding steroid dienone is 1. The SMILES string of the molecule is O=C1/C(=C/O)C(c2ccccc2)c2ccccc21. The maximum atomic E-state index is 12.2. The highest BCUT2D eigenvalue weighted by Gasteiger charge is 2.35.